The van der Waals surface area contributed by atoms with E-state index in [2.05, 4.69) is 4.98 Å². The number of nitrogens with zero attached hydrogens (tertiary/aromatic N) is 1. The molecule has 0 bridgehead atoms. The summed E-state index contributed by atoms with van der Waals surface area (Å²) >= 11 is 6.22. The van der Waals surface area contributed by atoms with Crippen LogP contribution in [0, 0.1) is 0 Å². The molecule has 0 saturated heterocycles. The topological polar surface area (TPSA) is 71.6 Å². The van der Waals surface area contributed by atoms with E-state index in [-0.39, 0.29) is 6.61 Å². The lowest BCUT2D eigenvalue weighted by Crippen LogP contribution is -2.44. The van der Waals surface area contributed by atoms with Crippen LogP contribution < -0.4 is 4.74 Å². The summed E-state index contributed by atoms with van der Waals surface area (Å²) < 4.78 is 10.4. The van der Waals surface area contributed by atoms with E-state index in [1.807, 2.05) is 49.4 Å². The quantitative estimate of drug-likeness (QED) is 0.500. The highest BCUT2D eigenvalue weighted by atomic mass is 35.5. The summed E-state index contributed by atoms with van der Waals surface area (Å²) in [6, 6.07) is 12.8. The van der Waals surface area contributed by atoms with E-state index in [0.29, 0.717) is 24.4 Å². The number of nitrogens with one attached hydrogen (secondary N) is 1. The Morgan fingerprint density at radius 1 is 1.20 bits per heavy atom. The molecule has 2 aromatic carbocycles. The van der Waals surface area contributed by atoms with Gasteiger partial charge in [-0.15, -0.1) is 0 Å². The van der Waals surface area contributed by atoms with Crippen molar-refractivity contribution in [3.05, 3.63) is 64.3 Å². The van der Waals surface area contributed by atoms with E-state index in [1.165, 1.54) is 0 Å². The van der Waals surface area contributed by atoms with Gasteiger partial charge >= 0.3 is 11.9 Å². The number of halogens is 1. The SMILES string of the molecule is CCCOC(=O)C(=O)N1CCc2c([nH]c3ccc(Cl)cc23)C1c1ccc(OC)cc1. The molecule has 4 rings (SSSR count). The van der Waals surface area contributed by atoms with Gasteiger partial charge in [-0.05, 0) is 54.3 Å². The third kappa shape index (κ3) is 3.63. The van der Waals surface area contributed by atoms with Gasteiger partial charge in [-0.1, -0.05) is 30.7 Å². The molecule has 3 aromatic rings. The molecule has 1 amide bonds. The van der Waals surface area contributed by atoms with Crippen LogP contribution in [0.5, 0.6) is 5.75 Å². The molecule has 7 heteroatoms. The van der Waals surface area contributed by atoms with Gasteiger partial charge in [0.1, 0.15) is 5.75 Å². The zero-order valence-corrected chi connectivity index (χ0v) is 17.7. The predicted molar refractivity (Wildman–Crippen MR) is 115 cm³/mol. The fraction of sp³-hybridized carbons (Fsp3) is 0.304. The first-order chi connectivity index (χ1) is 14.5. The smallest absolute Gasteiger partial charge is 0.397 e. The van der Waals surface area contributed by atoms with Crippen molar-refractivity contribution >= 4 is 34.4 Å². The van der Waals surface area contributed by atoms with E-state index in [4.69, 9.17) is 21.1 Å². The van der Waals surface area contributed by atoms with Crippen molar-refractivity contribution in [1.82, 2.24) is 9.88 Å². The molecule has 0 radical (unpaired) electrons. The maximum absolute atomic E-state index is 13.0. The van der Waals surface area contributed by atoms with Crippen LogP contribution in [-0.2, 0) is 20.7 Å². The minimum Gasteiger partial charge on any atom is -0.497 e. The second-order valence-corrected chi connectivity index (χ2v) is 7.70. The van der Waals surface area contributed by atoms with Crippen LogP contribution in [0.2, 0.25) is 5.02 Å². The number of aromatic amines is 1. The molecule has 156 valence electrons. The number of aromatic nitrogens is 1. The molecular formula is C23H23ClN2O4. The minimum atomic E-state index is -0.821. The lowest BCUT2D eigenvalue weighted by Gasteiger charge is -2.35. The molecule has 1 atom stereocenters. The Hall–Kier alpha value is -2.99. The van der Waals surface area contributed by atoms with E-state index >= 15 is 0 Å². The zero-order chi connectivity index (χ0) is 21.3. The van der Waals surface area contributed by atoms with Crippen molar-refractivity contribution in [3.63, 3.8) is 0 Å². The fourth-order valence-corrected chi connectivity index (χ4v) is 4.16. The summed E-state index contributed by atoms with van der Waals surface area (Å²) in [6.45, 7) is 2.52. The average molecular weight is 427 g/mol. The van der Waals surface area contributed by atoms with Crippen LogP contribution >= 0.6 is 11.6 Å². The van der Waals surface area contributed by atoms with Crippen LogP contribution in [0.15, 0.2) is 42.5 Å². The van der Waals surface area contributed by atoms with Crippen LogP contribution in [0.3, 0.4) is 0 Å². The number of hydrogen-bond donors (Lipinski definition) is 1. The summed E-state index contributed by atoms with van der Waals surface area (Å²) in [6.07, 6.45) is 1.28. The van der Waals surface area contributed by atoms with Crippen molar-refractivity contribution in [3.8, 4) is 5.75 Å². The highest BCUT2D eigenvalue weighted by Crippen LogP contribution is 2.39. The molecule has 1 aliphatic rings. The molecule has 0 fully saturated rings. The van der Waals surface area contributed by atoms with Gasteiger partial charge in [0.25, 0.3) is 0 Å². The third-order valence-corrected chi connectivity index (χ3v) is 5.63. The molecule has 1 N–H and O–H groups in total. The number of fused-ring (bicyclic) bond motifs is 3. The van der Waals surface area contributed by atoms with Crippen LogP contribution in [0.1, 0.15) is 36.2 Å². The first kappa shape index (κ1) is 20.3. The first-order valence-electron chi connectivity index (χ1n) is 9.95. The summed E-state index contributed by atoms with van der Waals surface area (Å²) in [5, 5.41) is 1.70. The molecule has 0 spiro atoms. The molecule has 0 saturated carbocycles. The largest absolute Gasteiger partial charge is 0.497 e. The van der Waals surface area contributed by atoms with Gasteiger partial charge in [0.15, 0.2) is 0 Å². The third-order valence-electron chi connectivity index (χ3n) is 5.39. The van der Waals surface area contributed by atoms with Crippen molar-refractivity contribution < 1.29 is 19.1 Å². The number of esters is 1. The maximum Gasteiger partial charge on any atom is 0.397 e. The lowest BCUT2D eigenvalue weighted by atomic mass is 9.92. The number of hydrogen-bond acceptors (Lipinski definition) is 4. The van der Waals surface area contributed by atoms with Crippen LogP contribution in [-0.4, -0.2) is 42.0 Å². The number of rotatable bonds is 4. The predicted octanol–water partition coefficient (Wildman–Crippen LogP) is 4.26. The van der Waals surface area contributed by atoms with Gasteiger partial charge in [0, 0.05) is 28.2 Å². The average Bonchev–Trinajstić information content (AvgIpc) is 3.14. The van der Waals surface area contributed by atoms with Gasteiger partial charge < -0.3 is 19.4 Å². The summed E-state index contributed by atoms with van der Waals surface area (Å²) in [4.78, 5) is 30.4. The van der Waals surface area contributed by atoms with Crippen molar-refractivity contribution in [1.29, 1.82) is 0 Å². The van der Waals surface area contributed by atoms with Gasteiger partial charge in [-0.25, -0.2) is 4.79 Å². The molecule has 1 aliphatic heterocycles. The molecule has 1 unspecified atom stereocenters. The van der Waals surface area contributed by atoms with Gasteiger partial charge in [-0.3, -0.25) is 4.79 Å². The summed E-state index contributed by atoms with van der Waals surface area (Å²) in [5.41, 5.74) is 3.83. The van der Waals surface area contributed by atoms with E-state index in [0.717, 1.165) is 33.5 Å². The highest BCUT2D eigenvalue weighted by Gasteiger charge is 2.37. The fourth-order valence-electron chi connectivity index (χ4n) is 3.99. The Bertz CT molecular complexity index is 1090. The number of H-pyrrole nitrogens is 1. The Kier molecular flexibility index (Phi) is 5.68. The molecule has 6 nitrogen and oxygen atoms in total. The molecule has 2 heterocycles. The highest BCUT2D eigenvalue weighted by molar-refractivity contribution is 6.32. The lowest BCUT2D eigenvalue weighted by molar-refractivity contribution is -0.161. The van der Waals surface area contributed by atoms with Crippen molar-refractivity contribution in [2.24, 2.45) is 0 Å². The normalized spacial score (nSPS) is 15.7. The van der Waals surface area contributed by atoms with E-state index < -0.39 is 17.9 Å². The Morgan fingerprint density at radius 3 is 2.67 bits per heavy atom. The Labute approximate surface area is 179 Å². The summed E-state index contributed by atoms with van der Waals surface area (Å²) in [5.74, 6) is -0.733. The molecule has 30 heavy (non-hydrogen) atoms. The Morgan fingerprint density at radius 2 is 1.97 bits per heavy atom. The number of ether oxygens (including phenoxy) is 2. The van der Waals surface area contributed by atoms with E-state index in [9.17, 15) is 9.59 Å². The minimum absolute atomic E-state index is 0.224. The maximum atomic E-state index is 13.0. The first-order valence-corrected chi connectivity index (χ1v) is 10.3. The molecular weight excluding hydrogens is 404 g/mol. The number of carbonyl (C=O) groups excluding carboxylic acids is 2. The molecule has 0 aliphatic carbocycles. The van der Waals surface area contributed by atoms with Crippen LogP contribution in [0.4, 0.5) is 0 Å². The zero-order valence-electron chi connectivity index (χ0n) is 16.9. The van der Waals surface area contributed by atoms with Gasteiger partial charge in [0.05, 0.1) is 19.8 Å². The van der Waals surface area contributed by atoms with Crippen LogP contribution in [0.25, 0.3) is 10.9 Å². The number of methoxy groups -OCH3 is 1. The van der Waals surface area contributed by atoms with Crippen molar-refractivity contribution in [2.75, 3.05) is 20.3 Å². The van der Waals surface area contributed by atoms with E-state index in [1.54, 1.807) is 12.0 Å². The monoisotopic (exact) mass is 426 g/mol. The standard InChI is InChI=1S/C23H23ClN2O4/c1-3-12-30-23(28)22(27)26-11-10-17-18-13-15(24)6-9-19(18)25-20(17)21(26)14-4-7-16(29-2)8-5-14/h4-9,13,21,25H,3,10-12H2,1-2H3. The molecule has 1 aromatic heterocycles. The second-order valence-electron chi connectivity index (χ2n) is 7.27. The van der Waals surface area contributed by atoms with Gasteiger partial charge in [0.2, 0.25) is 0 Å². The van der Waals surface area contributed by atoms with Gasteiger partial charge in [-0.2, -0.15) is 0 Å². The Balaban J connectivity index is 1.80. The number of carbonyl (C=O) groups is 2. The number of benzene rings is 2. The number of amides is 1. The second kappa shape index (κ2) is 8.40. The summed E-state index contributed by atoms with van der Waals surface area (Å²) in [7, 11) is 1.61. The van der Waals surface area contributed by atoms with Crippen molar-refractivity contribution in [2.45, 2.75) is 25.8 Å².